The first kappa shape index (κ1) is 25.0. The van der Waals surface area contributed by atoms with E-state index in [0.29, 0.717) is 11.9 Å². The maximum absolute atomic E-state index is 13.7. The molecule has 2 aromatic rings. The van der Waals surface area contributed by atoms with Gasteiger partial charge in [-0.25, -0.2) is 8.78 Å². The third-order valence-electron chi connectivity index (χ3n) is 5.42. The van der Waals surface area contributed by atoms with Crippen molar-refractivity contribution in [2.24, 2.45) is 10.9 Å². The highest BCUT2D eigenvalue weighted by Crippen LogP contribution is 2.21. The molecule has 1 aliphatic rings. The monoisotopic (exact) mass is 542 g/mol. The van der Waals surface area contributed by atoms with Gasteiger partial charge in [0.1, 0.15) is 11.6 Å². The first-order valence-corrected chi connectivity index (χ1v) is 10.3. The highest BCUT2D eigenvalue weighted by Gasteiger charge is 2.23. The second kappa shape index (κ2) is 12.6. The number of rotatable bonds is 6. The molecule has 1 amide bonds. The topological polar surface area (TPSA) is 56.7 Å². The van der Waals surface area contributed by atoms with Crippen LogP contribution >= 0.6 is 24.0 Å². The number of hydrogen-bond acceptors (Lipinski definition) is 2. The van der Waals surface area contributed by atoms with E-state index >= 15 is 0 Å². The van der Waals surface area contributed by atoms with E-state index in [1.54, 1.807) is 7.05 Å². The van der Waals surface area contributed by atoms with Gasteiger partial charge in [-0.1, -0.05) is 30.3 Å². The van der Waals surface area contributed by atoms with Crippen LogP contribution in [0.4, 0.5) is 8.78 Å². The Balaban J connectivity index is 0.00000341. The minimum absolute atomic E-state index is 0. The van der Waals surface area contributed by atoms with E-state index in [9.17, 15) is 13.6 Å². The average Bonchev–Trinajstić information content (AvgIpc) is 2.77. The van der Waals surface area contributed by atoms with Gasteiger partial charge >= 0.3 is 0 Å². The Morgan fingerprint density at radius 1 is 1.10 bits per heavy atom. The molecule has 2 N–H and O–H groups in total. The maximum Gasteiger partial charge on any atom is 0.241 e. The first-order valence-electron chi connectivity index (χ1n) is 10.3. The van der Waals surface area contributed by atoms with E-state index in [2.05, 4.69) is 39.9 Å². The number of piperidine rings is 1. The average molecular weight is 542 g/mol. The molecule has 0 unspecified atom stereocenters. The van der Waals surface area contributed by atoms with Crippen LogP contribution in [0.3, 0.4) is 0 Å². The second-order valence-electron chi connectivity index (χ2n) is 7.53. The second-order valence-corrected chi connectivity index (χ2v) is 7.53. The third kappa shape index (κ3) is 7.75. The van der Waals surface area contributed by atoms with Crippen LogP contribution in [-0.4, -0.2) is 43.4 Å². The molecule has 0 radical (unpaired) electrons. The molecule has 0 saturated carbocycles. The van der Waals surface area contributed by atoms with Crippen molar-refractivity contribution in [3.05, 3.63) is 71.3 Å². The number of benzene rings is 2. The normalized spacial score (nSPS) is 14.7. The quantitative estimate of drug-likeness (QED) is 0.333. The van der Waals surface area contributed by atoms with Gasteiger partial charge in [0.05, 0.1) is 6.54 Å². The Bertz CT molecular complexity index is 871. The minimum atomic E-state index is -0.498. The van der Waals surface area contributed by atoms with E-state index in [4.69, 9.17) is 0 Å². The number of carbonyl (C=O) groups excluding carboxylic acids is 1. The number of hydrogen-bond donors (Lipinski definition) is 2. The molecular formula is C23H29F2IN4O. The van der Waals surface area contributed by atoms with Gasteiger partial charge in [-0.05, 0) is 48.9 Å². The van der Waals surface area contributed by atoms with Crippen LogP contribution < -0.4 is 10.6 Å². The van der Waals surface area contributed by atoms with Gasteiger partial charge in [0.25, 0.3) is 0 Å². The van der Waals surface area contributed by atoms with Crippen LogP contribution in [0.5, 0.6) is 0 Å². The van der Waals surface area contributed by atoms with Crippen molar-refractivity contribution >= 4 is 35.8 Å². The summed E-state index contributed by atoms with van der Waals surface area (Å²) in [5.74, 6) is -0.0187. The number of guanidine groups is 1. The summed E-state index contributed by atoms with van der Waals surface area (Å²) >= 11 is 0. The molecule has 31 heavy (non-hydrogen) atoms. The van der Waals surface area contributed by atoms with Crippen LogP contribution in [0.1, 0.15) is 24.0 Å². The molecule has 0 aromatic heterocycles. The number of likely N-dealkylation sites (tertiary alicyclic amines) is 1. The number of aliphatic imine (C=N–C) groups is 1. The van der Waals surface area contributed by atoms with Crippen LogP contribution in [0.2, 0.25) is 0 Å². The first-order chi connectivity index (χ1) is 14.5. The van der Waals surface area contributed by atoms with E-state index in [1.807, 2.05) is 11.0 Å². The van der Waals surface area contributed by atoms with E-state index in [0.717, 1.165) is 50.6 Å². The van der Waals surface area contributed by atoms with E-state index < -0.39 is 11.6 Å². The lowest BCUT2D eigenvalue weighted by Crippen LogP contribution is -2.46. The summed E-state index contributed by atoms with van der Waals surface area (Å²) in [7, 11) is 1.57. The van der Waals surface area contributed by atoms with Crippen LogP contribution in [0, 0.1) is 17.6 Å². The number of nitrogens with zero attached hydrogens (tertiary/aromatic N) is 2. The van der Waals surface area contributed by atoms with Crippen LogP contribution in [-0.2, 0) is 17.8 Å². The lowest BCUT2D eigenvalue weighted by molar-refractivity contribution is -0.131. The smallest absolute Gasteiger partial charge is 0.241 e. The molecule has 0 spiro atoms. The van der Waals surface area contributed by atoms with Crippen molar-refractivity contribution < 1.29 is 13.6 Å². The van der Waals surface area contributed by atoms with Crippen LogP contribution in [0.15, 0.2) is 53.5 Å². The maximum atomic E-state index is 13.7. The third-order valence-corrected chi connectivity index (χ3v) is 5.42. The number of carbonyl (C=O) groups is 1. The lowest BCUT2D eigenvalue weighted by Gasteiger charge is -2.32. The zero-order valence-corrected chi connectivity index (χ0v) is 19.9. The summed E-state index contributed by atoms with van der Waals surface area (Å²) in [5, 5.41) is 5.86. The molecule has 8 heteroatoms. The molecule has 0 bridgehead atoms. The highest BCUT2D eigenvalue weighted by atomic mass is 127. The van der Waals surface area contributed by atoms with Crippen LogP contribution in [0.25, 0.3) is 0 Å². The van der Waals surface area contributed by atoms with Crippen molar-refractivity contribution in [1.82, 2.24) is 15.5 Å². The highest BCUT2D eigenvalue weighted by molar-refractivity contribution is 14.0. The Morgan fingerprint density at radius 3 is 2.48 bits per heavy atom. The summed E-state index contributed by atoms with van der Waals surface area (Å²) in [5.41, 5.74) is 1.54. The lowest BCUT2D eigenvalue weighted by atomic mass is 9.90. The molecule has 5 nitrogen and oxygen atoms in total. The summed E-state index contributed by atoms with van der Waals surface area (Å²) in [4.78, 5) is 18.4. The van der Waals surface area contributed by atoms with Crippen molar-refractivity contribution in [3.8, 4) is 0 Å². The molecule has 168 valence electrons. The fourth-order valence-corrected chi connectivity index (χ4v) is 3.68. The summed E-state index contributed by atoms with van der Waals surface area (Å²) in [6, 6.07) is 13.7. The Morgan fingerprint density at radius 2 is 1.81 bits per heavy atom. The Labute approximate surface area is 199 Å². The fourth-order valence-electron chi connectivity index (χ4n) is 3.68. The zero-order chi connectivity index (χ0) is 21.3. The Hall–Kier alpha value is -2.23. The summed E-state index contributed by atoms with van der Waals surface area (Å²) in [6.07, 6.45) is 3.03. The molecule has 1 fully saturated rings. The van der Waals surface area contributed by atoms with Gasteiger partial charge in [0, 0.05) is 32.2 Å². The van der Waals surface area contributed by atoms with Crippen molar-refractivity contribution in [2.45, 2.75) is 25.8 Å². The Kier molecular flexibility index (Phi) is 10.2. The van der Waals surface area contributed by atoms with Gasteiger partial charge in [-0.2, -0.15) is 0 Å². The van der Waals surface area contributed by atoms with Gasteiger partial charge < -0.3 is 15.5 Å². The molecular weight excluding hydrogens is 513 g/mol. The largest absolute Gasteiger partial charge is 0.352 e. The van der Waals surface area contributed by atoms with Gasteiger partial charge in [-0.3, -0.25) is 9.79 Å². The number of nitrogens with one attached hydrogen (secondary N) is 2. The van der Waals surface area contributed by atoms with E-state index in [-0.39, 0.29) is 48.5 Å². The molecule has 1 aliphatic heterocycles. The molecule has 2 aromatic carbocycles. The fraction of sp³-hybridized carbons (Fsp3) is 0.391. The zero-order valence-electron chi connectivity index (χ0n) is 17.6. The van der Waals surface area contributed by atoms with Gasteiger partial charge in [0.15, 0.2) is 5.96 Å². The van der Waals surface area contributed by atoms with Crippen molar-refractivity contribution in [3.63, 3.8) is 0 Å². The predicted molar refractivity (Wildman–Crippen MR) is 129 cm³/mol. The molecule has 1 saturated heterocycles. The summed E-state index contributed by atoms with van der Waals surface area (Å²) in [6.45, 7) is 1.67. The molecule has 3 rings (SSSR count). The van der Waals surface area contributed by atoms with Crippen molar-refractivity contribution in [2.75, 3.05) is 26.7 Å². The van der Waals surface area contributed by atoms with Crippen molar-refractivity contribution in [1.29, 1.82) is 0 Å². The van der Waals surface area contributed by atoms with Gasteiger partial charge in [0.2, 0.25) is 5.91 Å². The predicted octanol–water partition coefficient (Wildman–Crippen LogP) is 3.73. The number of amides is 1. The summed E-state index contributed by atoms with van der Waals surface area (Å²) < 4.78 is 27.0. The molecule has 0 atom stereocenters. The molecule has 0 aliphatic carbocycles. The minimum Gasteiger partial charge on any atom is -0.352 e. The standard InChI is InChI=1S/C23H28F2N4O.HI/c1-26-23(27-15-19-14-20(24)7-8-21(19)25)28-16-22(30)29-11-9-18(10-12-29)13-17-5-3-2-4-6-17;/h2-8,14,18H,9-13,15-16H2,1H3,(H2,26,27,28);1H. The number of halogens is 3. The van der Waals surface area contributed by atoms with E-state index in [1.165, 1.54) is 5.56 Å². The molecule has 1 heterocycles. The van der Waals surface area contributed by atoms with Gasteiger partial charge in [-0.15, -0.1) is 24.0 Å². The SMILES string of the molecule is CN=C(NCC(=O)N1CCC(Cc2ccccc2)CC1)NCc1cc(F)ccc1F.I.